The van der Waals surface area contributed by atoms with Crippen LogP contribution in [0.4, 0.5) is 0 Å². The van der Waals surface area contributed by atoms with E-state index in [0.29, 0.717) is 24.0 Å². The Morgan fingerprint density at radius 1 is 1.04 bits per heavy atom. The third-order valence-corrected chi connectivity index (χ3v) is 7.32. The van der Waals surface area contributed by atoms with E-state index in [1.165, 1.54) is 6.42 Å². The molecule has 0 amide bonds. The third kappa shape index (κ3) is 5.24. The molecule has 26 heavy (non-hydrogen) atoms. The van der Waals surface area contributed by atoms with Crippen LogP contribution in [0.5, 0.6) is 0 Å². The predicted octanol–water partition coefficient (Wildman–Crippen LogP) is 4.40. The van der Waals surface area contributed by atoms with E-state index in [0.717, 1.165) is 55.6 Å². The van der Waals surface area contributed by atoms with Gasteiger partial charge in [-0.3, -0.25) is 4.79 Å². The van der Waals surface area contributed by atoms with E-state index in [9.17, 15) is 9.35 Å². The molecule has 2 saturated heterocycles. The van der Waals surface area contributed by atoms with Gasteiger partial charge in [0.2, 0.25) is 0 Å². The van der Waals surface area contributed by atoms with E-state index in [-0.39, 0.29) is 6.42 Å². The Morgan fingerprint density at radius 2 is 1.69 bits per heavy atom. The van der Waals surface area contributed by atoms with Crippen LogP contribution in [-0.4, -0.2) is 33.6 Å². The number of unbranched alkanes of at least 4 members (excludes halogenated alkanes) is 3. The van der Waals surface area contributed by atoms with Crippen molar-refractivity contribution >= 4 is 17.1 Å². The Hall–Kier alpha value is -1.04. The predicted molar refractivity (Wildman–Crippen MR) is 103 cm³/mol. The molecule has 144 valence electrons. The number of fused-ring (bicyclic) bond motifs is 2. The summed E-state index contributed by atoms with van der Waals surface area (Å²) in [5, 5.41) is 8.69. The van der Waals surface area contributed by atoms with Gasteiger partial charge in [-0.25, -0.2) is 0 Å². The number of hydrogen-bond acceptors (Lipinski definition) is 3. The smallest absolute Gasteiger partial charge is 0.303 e. The Bertz CT molecular complexity index is 564. The fourth-order valence-electron chi connectivity index (χ4n) is 4.61. The number of carboxylic acid groups (broad SMARTS) is 1. The molecule has 1 unspecified atom stereocenters. The van der Waals surface area contributed by atoms with Crippen molar-refractivity contribution in [1.82, 2.24) is 0 Å². The lowest BCUT2D eigenvalue weighted by Gasteiger charge is -2.28. The van der Waals surface area contributed by atoms with Crippen molar-refractivity contribution in [3.05, 3.63) is 30.3 Å². The van der Waals surface area contributed by atoms with E-state index in [4.69, 9.17) is 9.84 Å². The molecule has 4 nitrogen and oxygen atoms in total. The Labute approximate surface area is 159 Å². The van der Waals surface area contributed by atoms with Crippen LogP contribution in [-0.2, 0) is 20.7 Å². The van der Waals surface area contributed by atoms with Gasteiger partial charge in [-0.2, -0.15) is 0 Å². The molecule has 5 atom stereocenters. The van der Waals surface area contributed by atoms with Gasteiger partial charge in [0.15, 0.2) is 4.90 Å². The minimum atomic E-state index is -0.922. The number of carbonyl (C=O) groups is 1. The summed E-state index contributed by atoms with van der Waals surface area (Å²) < 4.78 is 18.7. The maximum Gasteiger partial charge on any atom is 0.303 e. The van der Waals surface area contributed by atoms with Crippen molar-refractivity contribution in [1.29, 1.82) is 0 Å². The molecule has 0 radical (unpaired) electrons. The van der Waals surface area contributed by atoms with Crippen molar-refractivity contribution in [2.24, 2.45) is 11.8 Å². The molecule has 2 aliphatic rings. The molecule has 0 spiro atoms. The Balaban J connectivity index is 1.42. The monoisotopic (exact) mass is 378 g/mol. The highest BCUT2D eigenvalue weighted by Crippen LogP contribution is 2.47. The highest BCUT2D eigenvalue weighted by Gasteiger charge is 2.48. The fraction of sp³-hybridized carbons (Fsp3) is 0.667. The topological polar surface area (TPSA) is 69.6 Å². The lowest BCUT2D eigenvalue weighted by molar-refractivity contribution is -0.137. The van der Waals surface area contributed by atoms with Gasteiger partial charge in [0.25, 0.3) is 0 Å². The van der Waals surface area contributed by atoms with Crippen LogP contribution in [0.2, 0.25) is 0 Å². The number of hydrogen-bond donors (Lipinski definition) is 1. The van der Waals surface area contributed by atoms with Gasteiger partial charge in [-0.15, -0.1) is 0 Å². The molecule has 5 heteroatoms. The van der Waals surface area contributed by atoms with Gasteiger partial charge in [-0.05, 0) is 67.2 Å². The highest BCUT2D eigenvalue weighted by atomic mass is 32.2. The molecule has 0 saturated carbocycles. The molecule has 2 fully saturated rings. The molecule has 0 aliphatic carbocycles. The summed E-state index contributed by atoms with van der Waals surface area (Å²) in [5.74, 6) is 1.16. The second kappa shape index (κ2) is 9.77. The zero-order valence-electron chi connectivity index (χ0n) is 15.3. The first-order chi connectivity index (χ1) is 12.6. The minimum Gasteiger partial charge on any atom is -0.611 e. The summed E-state index contributed by atoms with van der Waals surface area (Å²) >= 11 is -0.922. The quantitative estimate of drug-likeness (QED) is 0.458. The van der Waals surface area contributed by atoms with E-state index >= 15 is 0 Å². The third-order valence-electron chi connectivity index (χ3n) is 5.91. The maximum absolute atomic E-state index is 12.5. The number of aliphatic carboxylic acids is 1. The molecule has 1 aromatic carbocycles. The molecule has 1 N–H and O–H groups in total. The van der Waals surface area contributed by atoms with Crippen LogP contribution < -0.4 is 0 Å². The van der Waals surface area contributed by atoms with Gasteiger partial charge in [0, 0.05) is 6.42 Å². The van der Waals surface area contributed by atoms with Crippen LogP contribution in [0, 0.1) is 11.8 Å². The summed E-state index contributed by atoms with van der Waals surface area (Å²) in [4.78, 5) is 11.5. The molecular weight excluding hydrogens is 348 g/mol. The number of rotatable bonds is 11. The van der Waals surface area contributed by atoms with Crippen LogP contribution >= 0.6 is 0 Å². The molecular formula is C21H30O4S. The standard InChI is InChI=1S/C21H30O4S/c22-21(23)11-7-2-1-6-10-17-18(20-13-12-19(17)25-20)14-15-26(24)16-8-4-3-5-9-16/h3-5,8-9,17-20H,1-2,6-7,10-15H2,(H,22,23)/t17-,18+,19-,20+,26?/m0/s1. The molecule has 2 heterocycles. The summed E-state index contributed by atoms with van der Waals surface area (Å²) in [6.45, 7) is 0. The van der Waals surface area contributed by atoms with Crippen LogP contribution in [0.3, 0.4) is 0 Å². The SMILES string of the molecule is O=C(O)CCCCCC[C@H]1[C@@H](CC[S+]([O-])c2ccccc2)[C@H]2CC[C@@H]1O2. The maximum atomic E-state index is 12.5. The first-order valence-electron chi connectivity index (χ1n) is 9.96. The Kier molecular flexibility index (Phi) is 7.41. The summed E-state index contributed by atoms with van der Waals surface area (Å²) in [6.07, 6.45) is 9.54. The molecule has 0 aromatic heterocycles. The zero-order chi connectivity index (χ0) is 18.4. The van der Waals surface area contributed by atoms with Gasteiger partial charge < -0.3 is 14.4 Å². The van der Waals surface area contributed by atoms with E-state index in [1.807, 2.05) is 30.3 Å². The number of carboxylic acids is 1. The largest absolute Gasteiger partial charge is 0.611 e. The molecule has 1 aromatic rings. The van der Waals surface area contributed by atoms with Crippen molar-refractivity contribution < 1.29 is 19.2 Å². The van der Waals surface area contributed by atoms with Crippen molar-refractivity contribution in [3.63, 3.8) is 0 Å². The lowest BCUT2D eigenvalue weighted by atomic mass is 9.75. The van der Waals surface area contributed by atoms with Crippen LogP contribution in [0.25, 0.3) is 0 Å². The van der Waals surface area contributed by atoms with E-state index < -0.39 is 17.1 Å². The summed E-state index contributed by atoms with van der Waals surface area (Å²) in [7, 11) is 0. The van der Waals surface area contributed by atoms with Crippen LogP contribution in [0.1, 0.15) is 57.8 Å². The second-order valence-electron chi connectivity index (χ2n) is 7.62. The van der Waals surface area contributed by atoms with E-state index in [2.05, 4.69) is 0 Å². The second-order valence-corrected chi connectivity index (χ2v) is 9.19. The first kappa shape index (κ1) is 19.7. The molecule has 2 aliphatic heterocycles. The lowest BCUT2D eigenvalue weighted by Crippen LogP contribution is -2.29. The van der Waals surface area contributed by atoms with E-state index in [1.54, 1.807) is 0 Å². The minimum absolute atomic E-state index is 0.283. The van der Waals surface area contributed by atoms with Gasteiger partial charge >= 0.3 is 5.97 Å². The normalized spacial score (nSPS) is 28.3. The average Bonchev–Trinajstić information content (AvgIpc) is 3.24. The van der Waals surface area contributed by atoms with Gasteiger partial charge in [0.05, 0.1) is 12.2 Å². The van der Waals surface area contributed by atoms with Gasteiger partial charge in [0.1, 0.15) is 5.75 Å². The number of ether oxygens (including phenoxy) is 1. The zero-order valence-corrected chi connectivity index (χ0v) is 16.2. The van der Waals surface area contributed by atoms with Crippen molar-refractivity contribution in [2.45, 2.75) is 74.9 Å². The fourth-order valence-corrected chi connectivity index (χ4v) is 5.80. The summed E-state index contributed by atoms with van der Waals surface area (Å²) in [6, 6.07) is 9.74. The average molecular weight is 379 g/mol. The summed E-state index contributed by atoms with van der Waals surface area (Å²) in [5.41, 5.74) is 0. The van der Waals surface area contributed by atoms with Crippen molar-refractivity contribution in [3.8, 4) is 0 Å². The number of benzene rings is 1. The molecule has 3 rings (SSSR count). The van der Waals surface area contributed by atoms with Crippen molar-refractivity contribution in [2.75, 3.05) is 5.75 Å². The molecule has 2 bridgehead atoms. The first-order valence-corrected chi connectivity index (χ1v) is 11.3. The highest BCUT2D eigenvalue weighted by molar-refractivity contribution is 7.91. The Morgan fingerprint density at radius 3 is 2.38 bits per heavy atom. The van der Waals surface area contributed by atoms with Crippen LogP contribution in [0.15, 0.2) is 35.2 Å². The van der Waals surface area contributed by atoms with Gasteiger partial charge in [-0.1, -0.05) is 37.5 Å².